The molecule has 5 nitrogen and oxygen atoms in total. The average Bonchev–Trinajstić information content (AvgIpc) is 3.03. The van der Waals surface area contributed by atoms with Crippen LogP contribution in [0, 0.1) is 12.7 Å². The monoisotopic (exact) mass is 432 g/mol. The van der Waals surface area contributed by atoms with E-state index in [9.17, 15) is 9.18 Å². The van der Waals surface area contributed by atoms with Crippen LogP contribution >= 0.6 is 15.9 Å². The molecule has 3 rings (SSSR count). The normalized spacial score (nSPS) is 10.8. The molecule has 140 valence electrons. The van der Waals surface area contributed by atoms with Gasteiger partial charge in [-0.2, -0.15) is 0 Å². The number of hydrogen-bond donors (Lipinski definition) is 2. The van der Waals surface area contributed by atoms with E-state index in [1.165, 1.54) is 18.2 Å². The number of aliphatic hydroxyl groups excluding tert-OH is 1. The first-order valence-electron chi connectivity index (χ1n) is 8.37. The lowest BCUT2D eigenvalue weighted by Gasteiger charge is -2.06. The van der Waals surface area contributed by atoms with E-state index in [2.05, 4.69) is 26.2 Å². The maximum Gasteiger partial charge on any atom is 0.224 e. The Balaban J connectivity index is 1.62. The summed E-state index contributed by atoms with van der Waals surface area (Å²) >= 11 is 3.40. The van der Waals surface area contributed by atoms with Gasteiger partial charge in [0.15, 0.2) is 11.7 Å². The highest BCUT2D eigenvalue weighted by atomic mass is 79.9. The number of nitrogens with one attached hydrogen (secondary N) is 1. The summed E-state index contributed by atoms with van der Waals surface area (Å²) in [5.74, 6) is 0.414. The molecule has 0 aliphatic heterocycles. The highest BCUT2D eigenvalue weighted by Crippen LogP contribution is 2.26. The third kappa shape index (κ3) is 4.81. The van der Waals surface area contributed by atoms with Crippen LogP contribution in [-0.2, 0) is 17.8 Å². The largest absolute Gasteiger partial charge is 0.440 e. The van der Waals surface area contributed by atoms with Crippen molar-refractivity contribution in [3.8, 4) is 11.3 Å². The molecule has 27 heavy (non-hydrogen) atoms. The van der Waals surface area contributed by atoms with Gasteiger partial charge in [0, 0.05) is 34.1 Å². The quantitative estimate of drug-likeness (QED) is 0.595. The van der Waals surface area contributed by atoms with Crippen molar-refractivity contribution in [3.05, 3.63) is 69.9 Å². The predicted octanol–water partition coefficient (Wildman–Crippen LogP) is 4.62. The zero-order valence-corrected chi connectivity index (χ0v) is 16.2. The zero-order valence-electron chi connectivity index (χ0n) is 14.6. The molecule has 1 heterocycles. The molecule has 0 unspecified atom stereocenters. The molecule has 0 bridgehead atoms. The van der Waals surface area contributed by atoms with Crippen molar-refractivity contribution < 1.29 is 18.7 Å². The van der Waals surface area contributed by atoms with Crippen LogP contribution in [0.1, 0.15) is 23.6 Å². The van der Waals surface area contributed by atoms with Crippen LogP contribution in [-0.4, -0.2) is 16.0 Å². The lowest BCUT2D eigenvalue weighted by atomic mass is 10.1. The van der Waals surface area contributed by atoms with E-state index in [-0.39, 0.29) is 17.9 Å². The van der Waals surface area contributed by atoms with E-state index in [0.29, 0.717) is 23.8 Å². The maximum atomic E-state index is 13.4. The third-order valence-corrected chi connectivity index (χ3v) is 4.54. The fraction of sp³-hybridized carbons (Fsp3) is 0.200. The minimum atomic E-state index is -0.508. The second kappa shape index (κ2) is 8.45. The number of anilines is 1. The molecule has 2 aromatic carbocycles. The predicted molar refractivity (Wildman–Crippen MR) is 104 cm³/mol. The number of oxazole rings is 1. The molecule has 0 spiro atoms. The zero-order chi connectivity index (χ0) is 19.4. The molecule has 0 fully saturated rings. The number of carbonyl (C=O) groups is 1. The molecule has 1 amide bonds. The highest BCUT2D eigenvalue weighted by Gasteiger charge is 2.13. The van der Waals surface area contributed by atoms with Crippen LogP contribution in [0.3, 0.4) is 0 Å². The van der Waals surface area contributed by atoms with E-state index >= 15 is 0 Å². The van der Waals surface area contributed by atoms with Crippen molar-refractivity contribution in [2.75, 3.05) is 5.32 Å². The van der Waals surface area contributed by atoms with E-state index in [1.807, 2.05) is 31.2 Å². The Morgan fingerprint density at radius 1 is 1.26 bits per heavy atom. The first kappa shape index (κ1) is 19.3. The standard InChI is InChI=1S/C20H18BrFN2O3/c1-12-20(13-2-4-15(21)5-3-13)27-19(23-12)9-8-18(26)24-16-6-7-17(22)14(10-16)11-25/h2-7,10,25H,8-9,11H2,1H3,(H,24,26). The van der Waals surface area contributed by atoms with Gasteiger partial charge >= 0.3 is 0 Å². The number of rotatable bonds is 6. The molecule has 0 aliphatic rings. The number of aliphatic hydroxyl groups is 1. The number of amides is 1. The fourth-order valence-corrected chi connectivity index (χ4v) is 2.91. The number of halogens is 2. The summed E-state index contributed by atoms with van der Waals surface area (Å²) in [5.41, 5.74) is 2.25. The van der Waals surface area contributed by atoms with Crippen LogP contribution in [0.15, 0.2) is 51.4 Å². The number of hydrogen-bond acceptors (Lipinski definition) is 4. The average molecular weight is 433 g/mol. The molecule has 1 aromatic heterocycles. The van der Waals surface area contributed by atoms with Crippen LogP contribution in [0.5, 0.6) is 0 Å². The van der Waals surface area contributed by atoms with E-state index in [0.717, 1.165) is 15.7 Å². The van der Waals surface area contributed by atoms with E-state index in [4.69, 9.17) is 9.52 Å². The van der Waals surface area contributed by atoms with Crippen molar-refractivity contribution in [1.82, 2.24) is 4.98 Å². The maximum absolute atomic E-state index is 13.4. The summed E-state index contributed by atoms with van der Waals surface area (Å²) in [6.45, 7) is 1.43. The van der Waals surface area contributed by atoms with Gasteiger partial charge < -0.3 is 14.8 Å². The molecule has 7 heteroatoms. The van der Waals surface area contributed by atoms with Crippen molar-refractivity contribution in [1.29, 1.82) is 0 Å². The first-order chi connectivity index (χ1) is 13.0. The molecular formula is C20H18BrFN2O3. The molecular weight excluding hydrogens is 415 g/mol. The topological polar surface area (TPSA) is 75.4 Å². The summed E-state index contributed by atoms with van der Waals surface area (Å²) in [6.07, 6.45) is 0.517. The molecule has 0 saturated carbocycles. The van der Waals surface area contributed by atoms with Gasteiger partial charge in [0.05, 0.1) is 12.3 Å². The van der Waals surface area contributed by atoms with Crippen LogP contribution < -0.4 is 5.32 Å². The summed E-state index contributed by atoms with van der Waals surface area (Å²) in [5, 5.41) is 11.8. The summed E-state index contributed by atoms with van der Waals surface area (Å²) in [4.78, 5) is 16.5. The SMILES string of the molecule is Cc1nc(CCC(=O)Nc2ccc(F)c(CO)c2)oc1-c1ccc(Br)cc1. The van der Waals surface area contributed by atoms with Gasteiger partial charge in [0.25, 0.3) is 0 Å². The molecule has 2 N–H and O–H groups in total. The minimum Gasteiger partial charge on any atom is -0.440 e. The summed E-state index contributed by atoms with van der Waals surface area (Å²) < 4.78 is 20.2. The van der Waals surface area contributed by atoms with Gasteiger partial charge in [-0.25, -0.2) is 9.37 Å². The molecule has 0 radical (unpaired) electrons. The van der Waals surface area contributed by atoms with E-state index < -0.39 is 12.4 Å². The molecule has 0 saturated heterocycles. The second-order valence-electron chi connectivity index (χ2n) is 6.04. The lowest BCUT2D eigenvalue weighted by Crippen LogP contribution is -2.12. The van der Waals surface area contributed by atoms with Crippen molar-refractivity contribution in [2.45, 2.75) is 26.4 Å². The fourth-order valence-electron chi connectivity index (χ4n) is 2.65. The number of benzene rings is 2. The molecule has 3 aromatic rings. The number of nitrogens with zero attached hydrogens (tertiary/aromatic N) is 1. The number of carbonyl (C=O) groups excluding carboxylic acids is 1. The highest BCUT2D eigenvalue weighted by molar-refractivity contribution is 9.10. The molecule has 0 atom stereocenters. The smallest absolute Gasteiger partial charge is 0.224 e. The summed E-state index contributed by atoms with van der Waals surface area (Å²) in [7, 11) is 0. The van der Waals surface area contributed by atoms with Crippen LogP contribution in [0.25, 0.3) is 11.3 Å². The van der Waals surface area contributed by atoms with Gasteiger partial charge in [-0.05, 0) is 37.3 Å². The Hall–Kier alpha value is -2.51. The van der Waals surface area contributed by atoms with Crippen LogP contribution in [0.4, 0.5) is 10.1 Å². The van der Waals surface area contributed by atoms with Gasteiger partial charge in [-0.3, -0.25) is 4.79 Å². The van der Waals surface area contributed by atoms with Gasteiger partial charge in [0.2, 0.25) is 5.91 Å². The van der Waals surface area contributed by atoms with Gasteiger partial charge in [-0.1, -0.05) is 28.1 Å². The first-order valence-corrected chi connectivity index (χ1v) is 9.17. The molecule has 0 aliphatic carbocycles. The Morgan fingerprint density at radius 3 is 2.70 bits per heavy atom. The Labute approximate surface area is 164 Å². The summed E-state index contributed by atoms with van der Waals surface area (Å²) in [6, 6.07) is 11.8. The Kier molecular flexibility index (Phi) is 6.03. The number of aryl methyl sites for hydroxylation is 2. The number of aromatic nitrogens is 1. The van der Waals surface area contributed by atoms with Crippen LogP contribution in [0.2, 0.25) is 0 Å². The van der Waals surface area contributed by atoms with Crippen molar-refractivity contribution >= 4 is 27.5 Å². The van der Waals surface area contributed by atoms with Gasteiger partial charge in [-0.15, -0.1) is 0 Å². The van der Waals surface area contributed by atoms with Crippen molar-refractivity contribution in [2.24, 2.45) is 0 Å². The minimum absolute atomic E-state index is 0.135. The third-order valence-electron chi connectivity index (χ3n) is 4.01. The second-order valence-corrected chi connectivity index (χ2v) is 6.96. The Morgan fingerprint density at radius 2 is 2.00 bits per heavy atom. The Bertz CT molecular complexity index is 954. The van der Waals surface area contributed by atoms with Gasteiger partial charge in [0.1, 0.15) is 5.82 Å². The lowest BCUT2D eigenvalue weighted by molar-refractivity contribution is -0.116. The van der Waals surface area contributed by atoms with Crippen molar-refractivity contribution in [3.63, 3.8) is 0 Å². The van der Waals surface area contributed by atoms with E-state index in [1.54, 1.807) is 0 Å².